The smallest absolute Gasteiger partial charge is 0.263 e. The van der Waals surface area contributed by atoms with E-state index in [4.69, 9.17) is 30.5 Å². The van der Waals surface area contributed by atoms with Crippen LogP contribution in [0.15, 0.2) is 53.4 Å². The molecule has 0 aromatic heterocycles. The third-order valence-electron chi connectivity index (χ3n) is 9.78. The molecule has 0 saturated carbocycles. The Morgan fingerprint density at radius 3 is 2.70 bits per heavy atom. The van der Waals surface area contributed by atoms with E-state index in [2.05, 4.69) is 40.9 Å². The third-order valence-corrected chi connectivity index (χ3v) is 11.1. The van der Waals surface area contributed by atoms with Crippen molar-refractivity contribution in [2.75, 3.05) is 51.0 Å². The normalized spacial score (nSPS) is 25.5. The van der Waals surface area contributed by atoms with E-state index in [1.54, 1.807) is 19.9 Å². The van der Waals surface area contributed by atoms with E-state index >= 15 is 0 Å². The summed E-state index contributed by atoms with van der Waals surface area (Å²) in [7, 11) is -1.81. The summed E-state index contributed by atoms with van der Waals surface area (Å²) in [6, 6.07) is 11.6. The molecule has 2 amide bonds. The van der Waals surface area contributed by atoms with Gasteiger partial charge in [0.25, 0.3) is 5.91 Å². The van der Waals surface area contributed by atoms with Gasteiger partial charge < -0.3 is 29.2 Å². The Kier molecular flexibility index (Phi) is 13.8. The largest absolute Gasteiger partial charge is 0.491 e. The highest BCUT2D eigenvalue weighted by atomic mass is 35.5. The van der Waals surface area contributed by atoms with Crippen molar-refractivity contribution in [2.24, 2.45) is 5.92 Å². The number of carbonyl (C=O) groups is 2. The lowest BCUT2D eigenvalue weighted by Gasteiger charge is -2.31. The highest BCUT2D eigenvalue weighted by Gasteiger charge is 2.32. The van der Waals surface area contributed by atoms with E-state index in [-0.39, 0.29) is 43.1 Å². The number of aryl methyl sites for hydroxylation is 1. The number of hydrogen-bond donors (Lipinski definition) is 2. The molecule has 2 bridgehead atoms. The lowest BCUT2D eigenvalue weighted by Crippen LogP contribution is -2.45. The van der Waals surface area contributed by atoms with Gasteiger partial charge in [0, 0.05) is 43.3 Å². The number of nitrogens with zero attached hydrogens (tertiary/aromatic N) is 1. The fourth-order valence-corrected chi connectivity index (χ4v) is 7.92. The number of rotatable bonds is 8. The number of ether oxygens (including phenoxy) is 4. The lowest BCUT2D eigenvalue weighted by molar-refractivity contribution is -0.139. The number of halogens is 1. The van der Waals surface area contributed by atoms with Crippen molar-refractivity contribution in [1.29, 1.82) is 0 Å². The summed E-state index contributed by atoms with van der Waals surface area (Å²) in [6.07, 6.45) is 8.49. The molecule has 1 saturated heterocycles. The molecule has 5 rings (SSSR count). The molecule has 4 unspecified atom stereocenters. The molecule has 3 heterocycles. The number of benzene rings is 2. The molecule has 3 aliphatic rings. The van der Waals surface area contributed by atoms with Gasteiger partial charge in [-0.3, -0.25) is 14.3 Å². The summed E-state index contributed by atoms with van der Waals surface area (Å²) >= 11 is 6.43. The highest BCUT2D eigenvalue weighted by molar-refractivity contribution is 7.83. The SMILES string of the molecule is CCCc1cc(Cl)ccc1C1COc2ccc3cc2N(CCC(CC)C(OCC(=O)NC2CCOCC2)/C=C/COC(C)(C)C(=O)NS3=O)C1. The topological polar surface area (TPSA) is 115 Å². The van der Waals surface area contributed by atoms with Crippen molar-refractivity contribution < 1.29 is 32.7 Å². The van der Waals surface area contributed by atoms with Gasteiger partial charge in [0.15, 0.2) is 11.0 Å². The molecule has 0 aliphatic carbocycles. The van der Waals surface area contributed by atoms with Crippen molar-refractivity contribution in [3.8, 4) is 5.75 Å². The molecule has 4 atom stereocenters. The summed E-state index contributed by atoms with van der Waals surface area (Å²) in [5.41, 5.74) is 2.00. The first-order chi connectivity index (χ1) is 24.1. The van der Waals surface area contributed by atoms with Crippen LogP contribution in [0.2, 0.25) is 5.02 Å². The second-order valence-corrected chi connectivity index (χ2v) is 15.5. The van der Waals surface area contributed by atoms with Crippen molar-refractivity contribution in [3.05, 3.63) is 64.7 Å². The van der Waals surface area contributed by atoms with Crippen LogP contribution in [-0.4, -0.2) is 79.9 Å². The highest BCUT2D eigenvalue weighted by Crippen LogP contribution is 2.38. The molecule has 1 fully saturated rings. The van der Waals surface area contributed by atoms with Gasteiger partial charge in [-0.2, -0.15) is 0 Å². The Labute approximate surface area is 304 Å². The number of amides is 2. The average Bonchev–Trinajstić information content (AvgIpc) is 3.28. The van der Waals surface area contributed by atoms with Gasteiger partial charge >= 0.3 is 0 Å². The lowest BCUT2D eigenvalue weighted by atomic mass is 9.91. The molecule has 274 valence electrons. The fourth-order valence-electron chi connectivity index (χ4n) is 6.78. The first kappa shape index (κ1) is 38.3. The maximum absolute atomic E-state index is 13.5. The zero-order valence-electron chi connectivity index (χ0n) is 29.7. The van der Waals surface area contributed by atoms with Gasteiger partial charge in [-0.15, -0.1) is 0 Å². The minimum Gasteiger partial charge on any atom is -0.491 e. The van der Waals surface area contributed by atoms with Gasteiger partial charge in [-0.1, -0.05) is 56.5 Å². The van der Waals surface area contributed by atoms with Crippen LogP contribution in [-0.2, 0) is 41.2 Å². The van der Waals surface area contributed by atoms with Crippen molar-refractivity contribution in [2.45, 2.75) is 94.8 Å². The van der Waals surface area contributed by atoms with Gasteiger partial charge in [0.1, 0.15) is 18.0 Å². The predicted molar refractivity (Wildman–Crippen MR) is 196 cm³/mol. The molecule has 2 N–H and O–H groups in total. The van der Waals surface area contributed by atoms with Crippen molar-refractivity contribution in [1.82, 2.24) is 10.0 Å². The second kappa shape index (κ2) is 18.0. The standard InChI is InChI=1S/C38H52ClN3O7S/c1-5-8-27-21-29(39)10-12-32(27)28-23-42-17-14-26(6-2)34(48-25-36(43)40-30-15-19-46-20-16-30)9-7-18-49-38(3,4)37(44)41-50(45)31-11-13-35(47-24-28)33(42)22-31/h7,9-13,21-22,26,28,30,34H,5-6,8,14-20,23-25H2,1-4H3,(H,40,43)(H,41,44)/b9-7+. The number of fused-ring (bicyclic) bond motifs is 1. The molecule has 2 aromatic carbocycles. The Morgan fingerprint density at radius 1 is 1.14 bits per heavy atom. The molecule has 12 heteroatoms. The van der Waals surface area contributed by atoms with E-state index in [1.165, 1.54) is 11.1 Å². The zero-order chi connectivity index (χ0) is 35.7. The summed E-state index contributed by atoms with van der Waals surface area (Å²) in [4.78, 5) is 28.9. The molecule has 0 radical (unpaired) electrons. The minimum atomic E-state index is -1.81. The number of anilines is 1. The zero-order valence-corrected chi connectivity index (χ0v) is 31.3. The summed E-state index contributed by atoms with van der Waals surface area (Å²) < 4.78 is 40.3. The average molecular weight is 730 g/mol. The molecular weight excluding hydrogens is 678 g/mol. The molecular formula is C38H52ClN3O7S. The van der Waals surface area contributed by atoms with Crippen LogP contribution in [0.4, 0.5) is 5.69 Å². The first-order valence-electron chi connectivity index (χ1n) is 17.9. The van der Waals surface area contributed by atoms with Crippen molar-refractivity contribution >= 4 is 40.1 Å². The first-order valence-corrected chi connectivity index (χ1v) is 19.4. The number of hydrogen-bond acceptors (Lipinski definition) is 8. The summed E-state index contributed by atoms with van der Waals surface area (Å²) in [5, 5.41) is 3.81. The van der Waals surface area contributed by atoms with Crippen LogP contribution in [0.1, 0.15) is 76.8 Å². The maximum Gasteiger partial charge on any atom is 0.263 e. The molecule has 3 aliphatic heterocycles. The van der Waals surface area contributed by atoms with E-state index in [0.29, 0.717) is 48.6 Å². The third kappa shape index (κ3) is 10.1. The fraction of sp³-hybridized carbons (Fsp3) is 0.579. The van der Waals surface area contributed by atoms with Crippen LogP contribution < -0.4 is 19.7 Å². The van der Waals surface area contributed by atoms with Crippen LogP contribution in [0, 0.1) is 5.92 Å². The molecule has 50 heavy (non-hydrogen) atoms. The van der Waals surface area contributed by atoms with E-state index < -0.39 is 22.5 Å². The van der Waals surface area contributed by atoms with Gasteiger partial charge in [0.05, 0.1) is 29.9 Å². The minimum absolute atomic E-state index is 0.0549. The molecule has 2 aromatic rings. The van der Waals surface area contributed by atoms with E-state index in [1.807, 2.05) is 30.4 Å². The number of nitrogens with one attached hydrogen (secondary N) is 2. The van der Waals surface area contributed by atoms with E-state index in [0.717, 1.165) is 44.2 Å². The number of carbonyl (C=O) groups excluding carboxylic acids is 2. The Hall–Kier alpha value is -2.96. The van der Waals surface area contributed by atoms with Gasteiger partial charge in [-0.05, 0) is 86.9 Å². The van der Waals surface area contributed by atoms with E-state index in [9.17, 15) is 13.8 Å². The van der Waals surface area contributed by atoms with Crippen LogP contribution in [0.5, 0.6) is 5.75 Å². The predicted octanol–water partition coefficient (Wildman–Crippen LogP) is 5.88. The summed E-state index contributed by atoms with van der Waals surface area (Å²) in [6.45, 7) is 10.8. The molecule has 10 nitrogen and oxygen atoms in total. The van der Waals surface area contributed by atoms with Gasteiger partial charge in [-0.25, -0.2) is 4.21 Å². The quantitative estimate of drug-likeness (QED) is 0.324. The van der Waals surface area contributed by atoms with Crippen LogP contribution >= 0.6 is 11.6 Å². The monoisotopic (exact) mass is 729 g/mol. The van der Waals surface area contributed by atoms with Crippen LogP contribution in [0.25, 0.3) is 0 Å². The van der Waals surface area contributed by atoms with Crippen molar-refractivity contribution in [3.63, 3.8) is 0 Å². The Bertz CT molecular complexity index is 1530. The summed E-state index contributed by atoms with van der Waals surface area (Å²) in [5.74, 6) is 0.185. The Morgan fingerprint density at radius 2 is 1.94 bits per heavy atom. The van der Waals surface area contributed by atoms with Crippen LogP contribution in [0.3, 0.4) is 0 Å². The van der Waals surface area contributed by atoms with Gasteiger partial charge in [0.2, 0.25) is 5.91 Å². The Balaban J connectivity index is 1.45. The second-order valence-electron chi connectivity index (χ2n) is 13.8. The molecule has 0 spiro atoms. The maximum atomic E-state index is 13.5.